The predicted octanol–water partition coefficient (Wildman–Crippen LogP) is 6.12. The van der Waals surface area contributed by atoms with E-state index in [1.54, 1.807) is 0 Å². The summed E-state index contributed by atoms with van der Waals surface area (Å²) < 4.78 is 0. The fourth-order valence-corrected chi connectivity index (χ4v) is 4.26. The third-order valence-electron chi connectivity index (χ3n) is 4.98. The Morgan fingerprint density at radius 2 is 1.17 bits per heavy atom. The van der Waals surface area contributed by atoms with Crippen LogP contribution < -0.4 is 0 Å². The largest absolute Gasteiger partial charge is 0.0873 e. The first-order chi connectivity index (χ1) is 11.2. The minimum atomic E-state index is 0.369. The Bertz CT molecular complexity index is 810. The highest BCUT2D eigenvalue weighted by molar-refractivity contribution is 5.69. The zero-order valence-electron chi connectivity index (χ0n) is 14.0. The van der Waals surface area contributed by atoms with Crippen molar-refractivity contribution in [1.29, 1.82) is 0 Å². The van der Waals surface area contributed by atoms with Gasteiger partial charge in [-0.25, -0.2) is 0 Å². The summed E-state index contributed by atoms with van der Waals surface area (Å²) in [6.45, 7) is 6.51. The van der Waals surface area contributed by atoms with Gasteiger partial charge in [0.25, 0.3) is 0 Å². The Labute approximate surface area is 138 Å². The van der Waals surface area contributed by atoms with Crippen molar-refractivity contribution in [3.05, 3.63) is 106 Å². The summed E-state index contributed by atoms with van der Waals surface area (Å²) in [4.78, 5) is 0. The minimum absolute atomic E-state index is 0.369. The van der Waals surface area contributed by atoms with Crippen molar-refractivity contribution >= 4 is 0 Å². The average Bonchev–Trinajstić information content (AvgIpc) is 2.56. The second-order valence-electron chi connectivity index (χ2n) is 6.76. The van der Waals surface area contributed by atoms with Gasteiger partial charge in [-0.05, 0) is 54.2 Å². The summed E-state index contributed by atoms with van der Waals surface area (Å²) >= 11 is 0. The van der Waals surface area contributed by atoms with Crippen molar-refractivity contribution in [1.82, 2.24) is 0 Å². The van der Waals surface area contributed by atoms with Crippen LogP contribution in [0.3, 0.4) is 0 Å². The standard InChI is InChI=1S/C23H22/c1-4-9-16-21(14-15(2)3)23-19-12-7-5-10-17(19)22(16)18-11-6-8-13-20(18)23/h4-14,22-23H,1-3H3. The van der Waals surface area contributed by atoms with E-state index in [2.05, 4.69) is 87.5 Å². The van der Waals surface area contributed by atoms with Crippen LogP contribution in [-0.2, 0) is 0 Å². The number of rotatable bonds is 2. The van der Waals surface area contributed by atoms with Gasteiger partial charge in [0, 0.05) is 11.8 Å². The third kappa shape index (κ3) is 2.05. The van der Waals surface area contributed by atoms with Crippen LogP contribution in [0.5, 0.6) is 0 Å². The molecule has 0 aliphatic heterocycles. The van der Waals surface area contributed by atoms with E-state index >= 15 is 0 Å². The Balaban J connectivity index is 2.08. The van der Waals surface area contributed by atoms with Crippen LogP contribution in [0.1, 0.15) is 54.9 Å². The molecule has 2 aromatic carbocycles. The fraction of sp³-hybridized carbons (Fsp3) is 0.217. The van der Waals surface area contributed by atoms with Crippen LogP contribution in [0.4, 0.5) is 0 Å². The summed E-state index contributed by atoms with van der Waals surface area (Å²) in [5.74, 6) is 0.739. The SMILES string of the molecule is CC=CC1=C(C=C(C)C)C2c3ccccc3C1c1ccccc12. The molecule has 0 saturated heterocycles. The van der Waals surface area contributed by atoms with Crippen molar-refractivity contribution in [3.63, 3.8) is 0 Å². The molecule has 23 heavy (non-hydrogen) atoms. The highest BCUT2D eigenvalue weighted by Gasteiger charge is 2.40. The average molecular weight is 298 g/mol. The lowest BCUT2D eigenvalue weighted by Gasteiger charge is -2.42. The van der Waals surface area contributed by atoms with Crippen LogP contribution in [0.2, 0.25) is 0 Å². The molecular weight excluding hydrogens is 276 g/mol. The molecule has 0 fully saturated rings. The van der Waals surface area contributed by atoms with Gasteiger partial charge in [-0.2, -0.15) is 0 Å². The van der Waals surface area contributed by atoms with Gasteiger partial charge in [0.15, 0.2) is 0 Å². The van der Waals surface area contributed by atoms with Gasteiger partial charge >= 0.3 is 0 Å². The van der Waals surface area contributed by atoms with Crippen LogP contribution in [0.25, 0.3) is 0 Å². The van der Waals surface area contributed by atoms with Crippen molar-refractivity contribution in [2.45, 2.75) is 32.6 Å². The molecule has 5 rings (SSSR count). The Morgan fingerprint density at radius 1 is 0.739 bits per heavy atom. The molecule has 0 unspecified atom stereocenters. The highest BCUT2D eigenvalue weighted by Crippen LogP contribution is 2.56. The summed E-state index contributed by atoms with van der Waals surface area (Å²) in [6.07, 6.45) is 6.89. The molecule has 0 radical (unpaired) electrons. The zero-order valence-corrected chi connectivity index (χ0v) is 14.0. The molecule has 0 N–H and O–H groups in total. The normalized spacial score (nSPS) is 21.3. The first-order valence-corrected chi connectivity index (χ1v) is 8.41. The summed E-state index contributed by atoms with van der Waals surface area (Å²) in [6, 6.07) is 18.0. The second-order valence-corrected chi connectivity index (χ2v) is 6.76. The first-order valence-electron chi connectivity index (χ1n) is 8.41. The molecule has 0 heterocycles. The molecule has 0 heteroatoms. The van der Waals surface area contributed by atoms with Gasteiger partial charge in [-0.3, -0.25) is 0 Å². The van der Waals surface area contributed by atoms with Gasteiger partial charge in [0.2, 0.25) is 0 Å². The molecule has 0 amide bonds. The van der Waals surface area contributed by atoms with Crippen molar-refractivity contribution < 1.29 is 0 Å². The van der Waals surface area contributed by atoms with Gasteiger partial charge in [0.1, 0.15) is 0 Å². The Morgan fingerprint density at radius 3 is 1.57 bits per heavy atom. The topological polar surface area (TPSA) is 0 Å². The molecule has 0 nitrogen and oxygen atoms in total. The van der Waals surface area contributed by atoms with E-state index in [0.29, 0.717) is 11.8 Å². The number of benzene rings is 2. The molecular formula is C23H22. The molecule has 2 aromatic rings. The molecule has 0 saturated carbocycles. The quantitative estimate of drug-likeness (QED) is 0.627. The smallest absolute Gasteiger partial charge is 0.0349 e. The predicted molar refractivity (Wildman–Crippen MR) is 97.8 cm³/mol. The highest BCUT2D eigenvalue weighted by atomic mass is 14.4. The van der Waals surface area contributed by atoms with E-state index in [1.165, 1.54) is 39.0 Å². The van der Waals surface area contributed by atoms with E-state index < -0.39 is 0 Å². The molecule has 3 aliphatic carbocycles. The van der Waals surface area contributed by atoms with Gasteiger partial charge in [-0.1, -0.05) is 72.3 Å². The van der Waals surface area contributed by atoms with Crippen LogP contribution in [0, 0.1) is 0 Å². The Hall–Kier alpha value is -2.34. The van der Waals surface area contributed by atoms with E-state index in [1.807, 2.05) is 0 Å². The van der Waals surface area contributed by atoms with Crippen molar-refractivity contribution in [2.24, 2.45) is 0 Å². The van der Waals surface area contributed by atoms with Crippen LogP contribution in [-0.4, -0.2) is 0 Å². The number of hydrogen-bond donors (Lipinski definition) is 0. The van der Waals surface area contributed by atoms with E-state index in [4.69, 9.17) is 0 Å². The maximum Gasteiger partial charge on any atom is 0.0349 e. The van der Waals surface area contributed by atoms with Crippen molar-refractivity contribution in [3.8, 4) is 0 Å². The van der Waals surface area contributed by atoms with Gasteiger partial charge in [0.05, 0.1) is 0 Å². The lowest BCUT2D eigenvalue weighted by atomic mass is 9.61. The first kappa shape index (κ1) is 14.3. The molecule has 0 spiro atoms. The zero-order chi connectivity index (χ0) is 16.0. The van der Waals surface area contributed by atoms with Gasteiger partial charge < -0.3 is 0 Å². The van der Waals surface area contributed by atoms with Crippen molar-refractivity contribution in [2.75, 3.05) is 0 Å². The maximum absolute atomic E-state index is 2.39. The molecule has 3 aliphatic rings. The lowest BCUT2D eigenvalue weighted by Crippen LogP contribution is -2.27. The number of allylic oxidation sites excluding steroid dienone is 6. The van der Waals surface area contributed by atoms with E-state index in [-0.39, 0.29) is 0 Å². The maximum atomic E-state index is 2.39. The third-order valence-corrected chi connectivity index (χ3v) is 4.98. The van der Waals surface area contributed by atoms with Crippen LogP contribution >= 0.6 is 0 Å². The lowest BCUT2D eigenvalue weighted by molar-refractivity contribution is 0.756. The molecule has 114 valence electrons. The molecule has 0 atom stereocenters. The molecule has 0 aromatic heterocycles. The fourth-order valence-electron chi connectivity index (χ4n) is 4.26. The number of hydrogen-bond acceptors (Lipinski definition) is 0. The summed E-state index contributed by atoms with van der Waals surface area (Å²) in [5, 5.41) is 0. The summed E-state index contributed by atoms with van der Waals surface area (Å²) in [5.41, 5.74) is 10.2. The van der Waals surface area contributed by atoms with Crippen LogP contribution in [0.15, 0.2) is 83.5 Å². The van der Waals surface area contributed by atoms with E-state index in [9.17, 15) is 0 Å². The van der Waals surface area contributed by atoms with E-state index in [0.717, 1.165) is 0 Å². The minimum Gasteiger partial charge on any atom is -0.0873 e. The Kier molecular flexibility index (Phi) is 3.34. The monoisotopic (exact) mass is 298 g/mol. The second kappa shape index (κ2) is 5.38. The molecule has 2 bridgehead atoms. The summed E-state index contributed by atoms with van der Waals surface area (Å²) in [7, 11) is 0. The van der Waals surface area contributed by atoms with Gasteiger partial charge in [-0.15, -0.1) is 0 Å².